The molecule has 72 valence electrons. The summed E-state index contributed by atoms with van der Waals surface area (Å²) < 4.78 is 2.07. The molecule has 3 heteroatoms. The van der Waals surface area contributed by atoms with Crippen molar-refractivity contribution < 1.29 is 0 Å². The monoisotopic (exact) mass is 179 g/mol. The molecule has 2 heterocycles. The van der Waals surface area contributed by atoms with Gasteiger partial charge in [-0.15, -0.1) is 0 Å². The Bertz CT molecular complexity index is 273. The highest BCUT2D eigenvalue weighted by molar-refractivity contribution is 5.08. The Morgan fingerprint density at radius 2 is 2.38 bits per heavy atom. The summed E-state index contributed by atoms with van der Waals surface area (Å²) in [4.78, 5) is 0. The molecule has 0 radical (unpaired) electrons. The first-order valence-electron chi connectivity index (χ1n) is 4.99. The number of nitrogens with one attached hydrogen (secondary N) is 1. The van der Waals surface area contributed by atoms with Gasteiger partial charge in [0.25, 0.3) is 0 Å². The van der Waals surface area contributed by atoms with Crippen LogP contribution in [0.3, 0.4) is 0 Å². The first kappa shape index (κ1) is 8.75. The van der Waals surface area contributed by atoms with Gasteiger partial charge < -0.3 is 5.32 Å². The van der Waals surface area contributed by atoms with Crippen molar-refractivity contribution in [3.8, 4) is 0 Å². The van der Waals surface area contributed by atoms with Gasteiger partial charge in [0.1, 0.15) is 0 Å². The van der Waals surface area contributed by atoms with Crippen LogP contribution in [0.15, 0.2) is 12.4 Å². The van der Waals surface area contributed by atoms with Crippen LogP contribution in [0.2, 0.25) is 0 Å². The van der Waals surface area contributed by atoms with Gasteiger partial charge in [0.2, 0.25) is 0 Å². The molecule has 1 N–H and O–H groups in total. The van der Waals surface area contributed by atoms with Crippen LogP contribution in [0.4, 0.5) is 0 Å². The fourth-order valence-electron chi connectivity index (χ4n) is 1.52. The van der Waals surface area contributed by atoms with Gasteiger partial charge in [-0.1, -0.05) is 13.8 Å². The van der Waals surface area contributed by atoms with Crippen molar-refractivity contribution in [2.45, 2.75) is 26.3 Å². The molecular formula is C10H17N3. The molecule has 0 spiro atoms. The number of aromatic nitrogens is 2. The van der Waals surface area contributed by atoms with Crippen LogP contribution in [0, 0.1) is 5.92 Å². The molecule has 3 nitrogen and oxygen atoms in total. The molecule has 1 aromatic heterocycles. The van der Waals surface area contributed by atoms with E-state index in [0.29, 0.717) is 5.92 Å². The lowest BCUT2D eigenvalue weighted by Crippen LogP contribution is -2.44. The highest BCUT2D eigenvalue weighted by atomic mass is 15.3. The van der Waals surface area contributed by atoms with Gasteiger partial charge in [-0.05, 0) is 11.5 Å². The minimum absolute atomic E-state index is 0.591. The van der Waals surface area contributed by atoms with Gasteiger partial charge in [-0.2, -0.15) is 5.10 Å². The Morgan fingerprint density at radius 3 is 2.85 bits per heavy atom. The molecule has 1 saturated heterocycles. The van der Waals surface area contributed by atoms with E-state index in [2.05, 4.69) is 35.1 Å². The van der Waals surface area contributed by atoms with Gasteiger partial charge >= 0.3 is 0 Å². The summed E-state index contributed by atoms with van der Waals surface area (Å²) in [5, 5.41) is 7.62. The molecular weight excluding hydrogens is 162 g/mol. The smallest absolute Gasteiger partial charge is 0.0524 e. The average Bonchev–Trinajstić information content (AvgIpc) is 2.44. The zero-order valence-electron chi connectivity index (χ0n) is 8.33. The van der Waals surface area contributed by atoms with E-state index in [-0.39, 0.29) is 0 Å². The molecule has 1 aliphatic rings. The zero-order valence-corrected chi connectivity index (χ0v) is 8.33. The van der Waals surface area contributed by atoms with Crippen molar-refractivity contribution in [3.63, 3.8) is 0 Å². The predicted octanol–water partition coefficient (Wildman–Crippen LogP) is 1.23. The summed E-state index contributed by atoms with van der Waals surface area (Å²) >= 11 is 0. The van der Waals surface area contributed by atoms with Crippen LogP contribution in [0.1, 0.15) is 25.3 Å². The molecule has 0 aromatic carbocycles. The summed E-state index contributed by atoms with van der Waals surface area (Å²) in [5.41, 5.74) is 1.34. The van der Waals surface area contributed by atoms with Crippen molar-refractivity contribution in [3.05, 3.63) is 18.0 Å². The molecule has 13 heavy (non-hydrogen) atoms. The minimum atomic E-state index is 0.591. The number of hydrogen-bond donors (Lipinski definition) is 1. The van der Waals surface area contributed by atoms with Gasteiger partial charge in [0, 0.05) is 31.7 Å². The summed E-state index contributed by atoms with van der Waals surface area (Å²) in [6.07, 6.45) is 4.15. The molecule has 0 amide bonds. The second-order valence-corrected chi connectivity index (χ2v) is 4.17. The van der Waals surface area contributed by atoms with Crippen molar-refractivity contribution in [1.82, 2.24) is 15.1 Å². The van der Waals surface area contributed by atoms with E-state index >= 15 is 0 Å². The quantitative estimate of drug-likeness (QED) is 0.756. The van der Waals surface area contributed by atoms with E-state index in [1.54, 1.807) is 0 Å². The van der Waals surface area contributed by atoms with Crippen LogP contribution in [0.5, 0.6) is 0 Å². The highest BCUT2D eigenvalue weighted by Crippen LogP contribution is 2.13. The van der Waals surface area contributed by atoms with Gasteiger partial charge in [-0.25, -0.2) is 0 Å². The third-order valence-electron chi connectivity index (χ3n) is 2.63. The molecule has 0 bridgehead atoms. The summed E-state index contributed by atoms with van der Waals surface area (Å²) in [6.45, 7) is 7.77. The molecule has 0 aliphatic carbocycles. The Morgan fingerprint density at radius 1 is 1.62 bits per heavy atom. The topological polar surface area (TPSA) is 29.9 Å². The Labute approximate surface area is 79.1 Å². The predicted molar refractivity (Wildman–Crippen MR) is 52.7 cm³/mol. The molecule has 0 atom stereocenters. The lowest BCUT2D eigenvalue weighted by atomic mass is 10.0. The number of nitrogens with zero attached hydrogens (tertiary/aromatic N) is 2. The first-order valence-corrected chi connectivity index (χ1v) is 4.99. The van der Waals surface area contributed by atoms with Crippen molar-refractivity contribution >= 4 is 0 Å². The highest BCUT2D eigenvalue weighted by Gasteiger charge is 2.17. The maximum absolute atomic E-state index is 4.35. The van der Waals surface area contributed by atoms with Crippen molar-refractivity contribution in [2.24, 2.45) is 5.92 Å². The molecule has 0 saturated carbocycles. The summed E-state index contributed by atoms with van der Waals surface area (Å²) in [7, 11) is 0. The van der Waals surface area contributed by atoms with E-state index in [9.17, 15) is 0 Å². The Hall–Kier alpha value is -0.830. The lowest BCUT2D eigenvalue weighted by Gasteiger charge is -2.26. The molecule has 0 unspecified atom stereocenters. The minimum Gasteiger partial charge on any atom is -0.316 e. The third kappa shape index (κ3) is 1.91. The Balaban J connectivity index is 1.96. The molecule has 1 aromatic rings. The zero-order chi connectivity index (χ0) is 9.26. The summed E-state index contributed by atoms with van der Waals surface area (Å²) in [5.74, 6) is 1.38. The molecule has 2 rings (SSSR count). The van der Waals surface area contributed by atoms with Gasteiger partial charge in [-0.3, -0.25) is 4.68 Å². The fourth-order valence-corrected chi connectivity index (χ4v) is 1.52. The normalized spacial score (nSPS) is 17.8. The van der Waals surface area contributed by atoms with Crippen molar-refractivity contribution in [1.29, 1.82) is 0 Å². The van der Waals surface area contributed by atoms with Crippen molar-refractivity contribution in [2.75, 3.05) is 13.1 Å². The standard InChI is InChI=1S/C10H17N3/c1-8(2)10-5-12-13(7-10)6-9-3-11-4-9/h5,7-9,11H,3-4,6H2,1-2H3. The Kier molecular flexibility index (Phi) is 2.36. The lowest BCUT2D eigenvalue weighted by molar-refractivity contribution is 0.295. The van der Waals surface area contributed by atoms with Gasteiger partial charge in [0.15, 0.2) is 0 Å². The number of rotatable bonds is 3. The van der Waals surface area contributed by atoms with Crippen LogP contribution < -0.4 is 5.32 Å². The van der Waals surface area contributed by atoms with E-state index in [1.165, 1.54) is 5.56 Å². The first-order chi connectivity index (χ1) is 6.25. The largest absolute Gasteiger partial charge is 0.316 e. The molecule has 1 aliphatic heterocycles. The van der Waals surface area contributed by atoms with E-state index in [1.807, 2.05) is 6.20 Å². The van der Waals surface area contributed by atoms with E-state index in [0.717, 1.165) is 25.6 Å². The second-order valence-electron chi connectivity index (χ2n) is 4.17. The second kappa shape index (κ2) is 3.50. The van der Waals surface area contributed by atoms with Crippen LogP contribution >= 0.6 is 0 Å². The third-order valence-corrected chi connectivity index (χ3v) is 2.63. The van der Waals surface area contributed by atoms with Crippen LogP contribution in [0.25, 0.3) is 0 Å². The SMILES string of the molecule is CC(C)c1cnn(CC2CNC2)c1. The maximum Gasteiger partial charge on any atom is 0.0524 e. The fraction of sp³-hybridized carbons (Fsp3) is 0.700. The van der Waals surface area contributed by atoms with Gasteiger partial charge in [0.05, 0.1) is 6.20 Å². The maximum atomic E-state index is 4.35. The van der Waals surface area contributed by atoms with Crippen LogP contribution in [-0.2, 0) is 6.54 Å². The summed E-state index contributed by atoms with van der Waals surface area (Å²) in [6, 6.07) is 0. The average molecular weight is 179 g/mol. The van der Waals surface area contributed by atoms with E-state index < -0.39 is 0 Å². The van der Waals surface area contributed by atoms with E-state index in [4.69, 9.17) is 0 Å². The van der Waals surface area contributed by atoms with Crippen LogP contribution in [-0.4, -0.2) is 22.9 Å². The molecule has 1 fully saturated rings. The number of hydrogen-bond acceptors (Lipinski definition) is 2.